The summed E-state index contributed by atoms with van der Waals surface area (Å²) in [4.78, 5) is 28.4. The highest BCUT2D eigenvalue weighted by atomic mass is 32.1. The van der Waals surface area contributed by atoms with Crippen molar-refractivity contribution in [3.05, 3.63) is 76.0 Å². The fraction of sp³-hybridized carbons (Fsp3) is 0.167. The van der Waals surface area contributed by atoms with Crippen LogP contribution in [-0.2, 0) is 9.59 Å². The number of hydrogen-bond acceptors (Lipinski definition) is 7. The summed E-state index contributed by atoms with van der Waals surface area (Å²) in [6.07, 6.45) is 0. The van der Waals surface area contributed by atoms with Gasteiger partial charge in [0.15, 0.2) is 11.5 Å². The van der Waals surface area contributed by atoms with Gasteiger partial charge in [0.1, 0.15) is 17.6 Å². The Morgan fingerprint density at radius 1 is 1.12 bits per heavy atom. The highest BCUT2D eigenvalue weighted by Gasteiger charge is 2.47. The molecule has 1 aromatic heterocycles. The van der Waals surface area contributed by atoms with Crippen LogP contribution in [0.5, 0.6) is 17.2 Å². The van der Waals surface area contributed by atoms with Crippen LogP contribution in [0, 0.1) is 0 Å². The molecular weight excluding hydrogens is 430 g/mol. The third kappa shape index (κ3) is 3.29. The van der Waals surface area contributed by atoms with E-state index >= 15 is 0 Å². The molecule has 0 spiro atoms. The molecule has 162 valence electrons. The smallest absolute Gasteiger partial charge is 0.300 e. The zero-order valence-electron chi connectivity index (χ0n) is 17.1. The number of fused-ring (bicyclic) bond motifs is 1. The molecule has 0 radical (unpaired) electrons. The lowest BCUT2D eigenvalue weighted by atomic mass is 9.99. The Balaban J connectivity index is 1.63. The van der Waals surface area contributed by atoms with E-state index in [0.29, 0.717) is 35.1 Å². The SMILES string of the molecule is CCOc1ccc(/C(O)=C2/C(=O)C(=O)N(c3ccc4c(c3)OCO4)C2c2cccs2)cc1. The number of carbonyl (C=O) groups is 2. The molecule has 1 fully saturated rings. The highest BCUT2D eigenvalue weighted by molar-refractivity contribution is 7.10. The van der Waals surface area contributed by atoms with Gasteiger partial charge in [-0.05, 0) is 54.8 Å². The number of thiophene rings is 1. The number of amides is 1. The van der Waals surface area contributed by atoms with Crippen molar-refractivity contribution in [2.45, 2.75) is 13.0 Å². The van der Waals surface area contributed by atoms with Crippen LogP contribution in [0.1, 0.15) is 23.4 Å². The molecule has 1 saturated heterocycles. The molecule has 1 amide bonds. The number of aliphatic hydroxyl groups is 1. The third-order valence-electron chi connectivity index (χ3n) is 5.33. The molecule has 2 aliphatic heterocycles. The third-order valence-corrected chi connectivity index (χ3v) is 6.25. The molecule has 0 saturated carbocycles. The van der Waals surface area contributed by atoms with Crippen LogP contribution in [0.4, 0.5) is 5.69 Å². The average molecular weight is 449 g/mol. The standard InChI is InChI=1S/C24H19NO6S/c1-2-29-16-8-5-14(6-9-16)22(26)20-21(19-4-3-11-32-19)25(24(28)23(20)27)15-7-10-17-18(12-15)31-13-30-17/h3-12,21,26H,2,13H2,1H3/b22-20-. The van der Waals surface area contributed by atoms with E-state index in [9.17, 15) is 14.7 Å². The number of rotatable bonds is 5. The summed E-state index contributed by atoms with van der Waals surface area (Å²) in [6.45, 7) is 2.50. The number of aliphatic hydroxyl groups excluding tert-OH is 1. The van der Waals surface area contributed by atoms with Crippen LogP contribution in [0.15, 0.2) is 65.6 Å². The van der Waals surface area contributed by atoms with E-state index in [1.54, 1.807) is 42.5 Å². The minimum atomic E-state index is -0.762. The molecule has 1 N–H and O–H groups in total. The first-order valence-electron chi connectivity index (χ1n) is 10.1. The van der Waals surface area contributed by atoms with Crippen LogP contribution in [0.3, 0.4) is 0 Å². The van der Waals surface area contributed by atoms with Gasteiger partial charge in [0.25, 0.3) is 11.7 Å². The quantitative estimate of drug-likeness (QED) is 0.351. The van der Waals surface area contributed by atoms with E-state index in [1.165, 1.54) is 16.2 Å². The molecule has 8 heteroatoms. The molecule has 2 aromatic carbocycles. The first-order valence-corrected chi connectivity index (χ1v) is 10.9. The van der Waals surface area contributed by atoms with Crippen molar-refractivity contribution in [3.8, 4) is 17.2 Å². The zero-order valence-corrected chi connectivity index (χ0v) is 17.9. The minimum absolute atomic E-state index is 0.0410. The summed E-state index contributed by atoms with van der Waals surface area (Å²) in [5.74, 6) is 0.0446. The second kappa shape index (κ2) is 8.05. The first kappa shape index (κ1) is 20.1. The van der Waals surface area contributed by atoms with Crippen molar-refractivity contribution >= 4 is 34.5 Å². The van der Waals surface area contributed by atoms with Crippen molar-refractivity contribution in [3.63, 3.8) is 0 Å². The predicted molar refractivity (Wildman–Crippen MR) is 119 cm³/mol. The number of anilines is 1. The van der Waals surface area contributed by atoms with Crippen molar-refractivity contribution in [1.82, 2.24) is 0 Å². The molecule has 1 atom stereocenters. The van der Waals surface area contributed by atoms with Gasteiger partial charge in [0, 0.05) is 22.2 Å². The van der Waals surface area contributed by atoms with Gasteiger partial charge >= 0.3 is 0 Å². The first-order chi connectivity index (χ1) is 15.6. The Kier molecular flexibility index (Phi) is 5.07. The van der Waals surface area contributed by atoms with Crippen LogP contribution in [-0.4, -0.2) is 30.2 Å². The molecule has 2 aliphatic rings. The van der Waals surface area contributed by atoms with E-state index in [2.05, 4.69) is 0 Å². The number of carbonyl (C=O) groups excluding carboxylic acids is 2. The monoisotopic (exact) mass is 449 g/mol. The summed E-state index contributed by atoms with van der Waals surface area (Å²) >= 11 is 1.41. The Labute approximate surface area is 188 Å². The van der Waals surface area contributed by atoms with Gasteiger partial charge in [-0.15, -0.1) is 11.3 Å². The van der Waals surface area contributed by atoms with Crippen LogP contribution >= 0.6 is 11.3 Å². The predicted octanol–water partition coefficient (Wildman–Crippen LogP) is 4.50. The van der Waals surface area contributed by atoms with E-state index in [-0.39, 0.29) is 18.1 Å². The zero-order chi connectivity index (χ0) is 22.2. The molecular formula is C24H19NO6S. The number of benzene rings is 2. The lowest BCUT2D eigenvalue weighted by Crippen LogP contribution is -2.29. The summed E-state index contributed by atoms with van der Waals surface area (Å²) in [5, 5.41) is 13.0. The Morgan fingerprint density at radius 2 is 1.91 bits per heavy atom. The maximum atomic E-state index is 13.1. The van der Waals surface area contributed by atoms with Gasteiger partial charge in [0.2, 0.25) is 6.79 Å². The van der Waals surface area contributed by atoms with Crippen molar-refractivity contribution < 1.29 is 28.9 Å². The lowest BCUT2D eigenvalue weighted by Gasteiger charge is -2.24. The molecule has 3 heterocycles. The Bertz CT molecular complexity index is 1220. The molecule has 0 bridgehead atoms. The maximum Gasteiger partial charge on any atom is 0.300 e. The van der Waals surface area contributed by atoms with E-state index in [1.807, 2.05) is 24.4 Å². The Hall–Kier alpha value is -3.78. The highest BCUT2D eigenvalue weighted by Crippen LogP contribution is 2.45. The molecule has 0 aliphatic carbocycles. The summed E-state index contributed by atoms with van der Waals surface area (Å²) in [6, 6.07) is 14.8. The number of ketones is 1. The van der Waals surface area contributed by atoms with Gasteiger partial charge in [-0.1, -0.05) is 6.07 Å². The summed E-state index contributed by atoms with van der Waals surface area (Å²) < 4.78 is 16.3. The number of Topliss-reactive ketones (excluding diaryl/α,β-unsaturated/α-hetero) is 1. The van der Waals surface area contributed by atoms with Gasteiger partial charge in [-0.3, -0.25) is 14.5 Å². The van der Waals surface area contributed by atoms with Crippen molar-refractivity contribution in [2.75, 3.05) is 18.3 Å². The van der Waals surface area contributed by atoms with E-state index < -0.39 is 17.7 Å². The minimum Gasteiger partial charge on any atom is -0.507 e. The topological polar surface area (TPSA) is 85.3 Å². The number of nitrogens with zero attached hydrogens (tertiary/aromatic N) is 1. The van der Waals surface area contributed by atoms with Crippen LogP contribution in [0.25, 0.3) is 5.76 Å². The molecule has 3 aromatic rings. The largest absolute Gasteiger partial charge is 0.507 e. The maximum absolute atomic E-state index is 13.1. The molecule has 1 unspecified atom stereocenters. The number of ether oxygens (including phenoxy) is 3. The van der Waals surface area contributed by atoms with Crippen molar-refractivity contribution in [1.29, 1.82) is 0 Å². The van der Waals surface area contributed by atoms with E-state index in [0.717, 1.165) is 4.88 Å². The van der Waals surface area contributed by atoms with Crippen LogP contribution < -0.4 is 19.1 Å². The lowest BCUT2D eigenvalue weighted by molar-refractivity contribution is -0.132. The molecule has 32 heavy (non-hydrogen) atoms. The fourth-order valence-corrected chi connectivity index (χ4v) is 4.70. The normalized spacial score (nSPS) is 18.9. The molecule has 7 nitrogen and oxygen atoms in total. The average Bonchev–Trinajstić information content (AvgIpc) is 3.54. The fourth-order valence-electron chi connectivity index (χ4n) is 3.88. The van der Waals surface area contributed by atoms with Gasteiger partial charge in [-0.2, -0.15) is 0 Å². The van der Waals surface area contributed by atoms with Crippen molar-refractivity contribution in [2.24, 2.45) is 0 Å². The number of hydrogen-bond donors (Lipinski definition) is 1. The van der Waals surface area contributed by atoms with Gasteiger partial charge in [0.05, 0.1) is 12.2 Å². The van der Waals surface area contributed by atoms with E-state index in [4.69, 9.17) is 14.2 Å². The van der Waals surface area contributed by atoms with Crippen LogP contribution in [0.2, 0.25) is 0 Å². The summed E-state index contributed by atoms with van der Waals surface area (Å²) in [7, 11) is 0. The second-order valence-electron chi connectivity index (χ2n) is 7.18. The van der Waals surface area contributed by atoms with Gasteiger partial charge in [-0.25, -0.2) is 0 Å². The second-order valence-corrected chi connectivity index (χ2v) is 8.16. The Morgan fingerprint density at radius 3 is 2.62 bits per heavy atom. The summed E-state index contributed by atoms with van der Waals surface area (Å²) in [5.41, 5.74) is 0.957. The van der Waals surface area contributed by atoms with Gasteiger partial charge < -0.3 is 19.3 Å². The molecule has 5 rings (SSSR count).